The molecule has 20 heavy (non-hydrogen) atoms. The van der Waals surface area contributed by atoms with Gasteiger partial charge in [0.15, 0.2) is 0 Å². The van der Waals surface area contributed by atoms with E-state index in [1.165, 1.54) is 6.42 Å². The van der Waals surface area contributed by atoms with E-state index in [1.54, 1.807) is 4.90 Å². The third kappa shape index (κ3) is 3.25. The molecule has 1 saturated heterocycles. The molecule has 0 radical (unpaired) electrons. The van der Waals surface area contributed by atoms with Gasteiger partial charge in [-0.05, 0) is 44.4 Å². The molecule has 1 saturated carbocycles. The van der Waals surface area contributed by atoms with E-state index >= 15 is 0 Å². The average molecular weight is 282 g/mol. The molecule has 2 rings (SSSR count). The number of carboxylic acid groups (broad SMARTS) is 1. The second kappa shape index (κ2) is 6.02. The Morgan fingerprint density at radius 2 is 1.70 bits per heavy atom. The number of hydrogen-bond acceptors (Lipinski definition) is 2. The van der Waals surface area contributed by atoms with Gasteiger partial charge in [0.25, 0.3) is 0 Å². The molecule has 2 N–H and O–H groups in total. The Balaban J connectivity index is 1.90. The maximum Gasteiger partial charge on any atom is 0.317 e. The van der Waals surface area contributed by atoms with Crippen LogP contribution >= 0.6 is 0 Å². The third-order valence-electron chi connectivity index (χ3n) is 4.84. The highest BCUT2D eigenvalue weighted by Crippen LogP contribution is 2.29. The summed E-state index contributed by atoms with van der Waals surface area (Å²) in [4.78, 5) is 25.1. The predicted molar refractivity (Wildman–Crippen MR) is 76.4 cm³/mol. The molecule has 4 atom stereocenters. The lowest BCUT2D eigenvalue weighted by Gasteiger charge is -2.34. The van der Waals surface area contributed by atoms with Crippen molar-refractivity contribution in [3.63, 3.8) is 0 Å². The molecule has 114 valence electrons. The number of amides is 2. The molecule has 0 bridgehead atoms. The van der Waals surface area contributed by atoms with E-state index in [0.29, 0.717) is 24.8 Å². The molecule has 0 aromatic carbocycles. The monoisotopic (exact) mass is 282 g/mol. The normalized spacial score (nSPS) is 37.8. The minimum atomic E-state index is -0.798. The highest BCUT2D eigenvalue weighted by Gasteiger charge is 2.39. The molecular formula is C15H26N2O3. The number of carbonyl (C=O) groups excluding carboxylic acids is 1. The molecule has 2 amide bonds. The first-order chi connectivity index (χ1) is 9.38. The number of carbonyl (C=O) groups is 2. The van der Waals surface area contributed by atoms with Gasteiger partial charge in [0, 0.05) is 18.6 Å². The number of rotatable bonds is 2. The average Bonchev–Trinajstić information content (AvgIpc) is 2.69. The largest absolute Gasteiger partial charge is 0.481 e. The molecule has 1 aliphatic heterocycles. The van der Waals surface area contributed by atoms with Crippen molar-refractivity contribution in [3.05, 3.63) is 0 Å². The van der Waals surface area contributed by atoms with Gasteiger partial charge in [0.1, 0.15) is 0 Å². The van der Waals surface area contributed by atoms with E-state index in [1.807, 2.05) is 6.92 Å². The third-order valence-corrected chi connectivity index (χ3v) is 4.84. The van der Waals surface area contributed by atoms with E-state index < -0.39 is 11.9 Å². The van der Waals surface area contributed by atoms with Crippen molar-refractivity contribution in [1.82, 2.24) is 10.2 Å². The Morgan fingerprint density at radius 1 is 1.10 bits per heavy atom. The summed E-state index contributed by atoms with van der Waals surface area (Å²) in [6.45, 7) is 6.83. The van der Waals surface area contributed by atoms with Crippen LogP contribution in [0.3, 0.4) is 0 Å². The second-order valence-electron chi connectivity index (χ2n) is 6.73. The minimum Gasteiger partial charge on any atom is -0.481 e. The first kappa shape index (κ1) is 15.1. The van der Waals surface area contributed by atoms with Crippen LogP contribution in [0, 0.1) is 17.8 Å². The van der Waals surface area contributed by atoms with Crippen LogP contribution in [0.5, 0.6) is 0 Å². The molecule has 2 aliphatic rings. The zero-order valence-electron chi connectivity index (χ0n) is 12.6. The van der Waals surface area contributed by atoms with Crippen LogP contribution in [0.4, 0.5) is 4.79 Å². The van der Waals surface area contributed by atoms with Crippen LogP contribution in [0.2, 0.25) is 0 Å². The predicted octanol–water partition coefficient (Wildman–Crippen LogP) is 2.32. The highest BCUT2D eigenvalue weighted by atomic mass is 16.4. The number of aliphatic carboxylic acids is 1. The topological polar surface area (TPSA) is 69.6 Å². The summed E-state index contributed by atoms with van der Waals surface area (Å²) in [5.41, 5.74) is 0. The van der Waals surface area contributed by atoms with Gasteiger partial charge >= 0.3 is 12.0 Å². The lowest BCUT2D eigenvalue weighted by Crippen LogP contribution is -2.49. The van der Waals surface area contributed by atoms with E-state index in [-0.39, 0.29) is 18.1 Å². The lowest BCUT2D eigenvalue weighted by atomic mass is 9.80. The van der Waals surface area contributed by atoms with Gasteiger partial charge in [0.05, 0.1) is 5.92 Å². The van der Waals surface area contributed by atoms with E-state index in [4.69, 9.17) is 5.11 Å². The van der Waals surface area contributed by atoms with E-state index in [0.717, 1.165) is 12.8 Å². The molecule has 4 unspecified atom stereocenters. The Hall–Kier alpha value is -1.26. The second-order valence-corrected chi connectivity index (χ2v) is 6.73. The summed E-state index contributed by atoms with van der Waals surface area (Å²) in [6, 6.07) is -0.0733. The van der Waals surface area contributed by atoms with Crippen LogP contribution < -0.4 is 5.32 Å². The van der Waals surface area contributed by atoms with Crippen molar-refractivity contribution in [2.75, 3.05) is 6.54 Å². The first-order valence-electron chi connectivity index (χ1n) is 7.68. The fourth-order valence-corrected chi connectivity index (χ4v) is 3.88. The van der Waals surface area contributed by atoms with Gasteiger partial charge in [-0.1, -0.05) is 13.8 Å². The summed E-state index contributed by atoms with van der Waals surface area (Å²) in [5.74, 6) is 0.0660. The molecule has 0 aromatic heterocycles. The fourth-order valence-electron chi connectivity index (χ4n) is 3.88. The molecule has 2 fully saturated rings. The summed E-state index contributed by atoms with van der Waals surface area (Å²) >= 11 is 0. The van der Waals surface area contributed by atoms with Gasteiger partial charge in [-0.25, -0.2) is 4.79 Å². The maximum absolute atomic E-state index is 12.3. The molecule has 1 heterocycles. The van der Waals surface area contributed by atoms with Gasteiger partial charge in [-0.2, -0.15) is 0 Å². The first-order valence-corrected chi connectivity index (χ1v) is 7.68. The SMILES string of the molecule is CC1CC(C)CC(NC(=O)N2CCC(C(=O)O)C2C)C1. The molecular weight excluding hydrogens is 256 g/mol. The van der Waals surface area contributed by atoms with Crippen LogP contribution in [0.15, 0.2) is 0 Å². The smallest absolute Gasteiger partial charge is 0.317 e. The van der Waals surface area contributed by atoms with Crippen molar-refractivity contribution in [3.8, 4) is 0 Å². The molecule has 1 aliphatic carbocycles. The van der Waals surface area contributed by atoms with Gasteiger partial charge in [-0.15, -0.1) is 0 Å². The molecule has 0 spiro atoms. The van der Waals surface area contributed by atoms with Crippen LogP contribution in [0.25, 0.3) is 0 Å². The van der Waals surface area contributed by atoms with E-state index in [2.05, 4.69) is 19.2 Å². The number of hydrogen-bond donors (Lipinski definition) is 2. The van der Waals surface area contributed by atoms with Crippen molar-refractivity contribution in [2.45, 2.75) is 58.5 Å². The Morgan fingerprint density at radius 3 is 2.20 bits per heavy atom. The zero-order chi connectivity index (χ0) is 14.9. The quantitative estimate of drug-likeness (QED) is 0.816. The van der Waals surface area contributed by atoms with Gasteiger partial charge < -0.3 is 15.3 Å². The Labute approximate surface area is 120 Å². The van der Waals surface area contributed by atoms with Crippen molar-refractivity contribution < 1.29 is 14.7 Å². The van der Waals surface area contributed by atoms with Crippen molar-refractivity contribution >= 4 is 12.0 Å². The number of nitrogens with one attached hydrogen (secondary N) is 1. The highest BCUT2D eigenvalue weighted by molar-refractivity contribution is 5.78. The number of carboxylic acids is 1. The lowest BCUT2D eigenvalue weighted by molar-refractivity contribution is -0.142. The maximum atomic E-state index is 12.3. The summed E-state index contributed by atoms with van der Waals surface area (Å²) in [7, 11) is 0. The fraction of sp³-hybridized carbons (Fsp3) is 0.867. The van der Waals surface area contributed by atoms with E-state index in [9.17, 15) is 9.59 Å². The minimum absolute atomic E-state index is 0.0902. The molecule has 5 heteroatoms. The number of nitrogens with zero attached hydrogens (tertiary/aromatic N) is 1. The zero-order valence-corrected chi connectivity index (χ0v) is 12.6. The Bertz CT molecular complexity index is 375. The van der Waals surface area contributed by atoms with Crippen LogP contribution in [-0.2, 0) is 4.79 Å². The van der Waals surface area contributed by atoms with Crippen LogP contribution in [0.1, 0.15) is 46.5 Å². The summed E-state index contributed by atoms with van der Waals surface area (Å²) in [6.07, 6.45) is 3.84. The molecule has 0 aromatic rings. The van der Waals surface area contributed by atoms with Gasteiger partial charge in [0.2, 0.25) is 0 Å². The standard InChI is InChI=1S/C15H26N2O3/c1-9-6-10(2)8-12(7-9)16-15(20)17-5-4-13(11(17)3)14(18)19/h9-13H,4-8H2,1-3H3,(H,16,20)(H,18,19). The summed E-state index contributed by atoms with van der Waals surface area (Å²) in [5, 5.41) is 12.2. The Kier molecular flexibility index (Phi) is 4.55. The van der Waals surface area contributed by atoms with Crippen molar-refractivity contribution in [1.29, 1.82) is 0 Å². The number of urea groups is 1. The van der Waals surface area contributed by atoms with Crippen LogP contribution in [-0.4, -0.2) is 40.6 Å². The molecule has 5 nitrogen and oxygen atoms in total. The number of likely N-dealkylation sites (tertiary alicyclic amines) is 1. The van der Waals surface area contributed by atoms with Crippen molar-refractivity contribution in [2.24, 2.45) is 17.8 Å². The summed E-state index contributed by atoms with van der Waals surface area (Å²) < 4.78 is 0. The van der Waals surface area contributed by atoms with Gasteiger partial charge in [-0.3, -0.25) is 4.79 Å².